The summed E-state index contributed by atoms with van der Waals surface area (Å²) < 4.78 is 0. The van der Waals surface area contributed by atoms with Crippen LogP contribution in [0.4, 0.5) is 0 Å². The number of carboxylic acids is 1. The molecule has 1 rings (SSSR count). The molecule has 1 N–H and O–H groups in total. The summed E-state index contributed by atoms with van der Waals surface area (Å²) in [5.41, 5.74) is 0. The van der Waals surface area contributed by atoms with Crippen LogP contribution < -0.4 is 0 Å². The molecule has 0 aromatic rings. The number of hydrogen-bond donors (Lipinski definition) is 1. The van der Waals surface area contributed by atoms with Gasteiger partial charge in [0.05, 0.1) is 0 Å². The Morgan fingerprint density at radius 3 is 2.50 bits per heavy atom. The fourth-order valence-corrected chi connectivity index (χ4v) is 0.721. The minimum Gasteiger partial charge on any atom is -0.477 e. The lowest BCUT2D eigenvalue weighted by molar-refractivity contribution is -0.144. The van der Waals surface area contributed by atoms with Crippen molar-refractivity contribution in [1.82, 2.24) is 0 Å². The van der Waals surface area contributed by atoms with E-state index in [0.29, 0.717) is 6.42 Å². The molecule has 4 heteroatoms. The van der Waals surface area contributed by atoms with Gasteiger partial charge in [0.25, 0.3) is 0 Å². The predicted molar refractivity (Wildman–Crippen MR) is 32.1 cm³/mol. The third kappa shape index (κ3) is 1.27. The Bertz CT molecular complexity index is 139. The monoisotopic (exact) mass is 146 g/mol. The minimum atomic E-state index is -1.28. The van der Waals surface area contributed by atoms with E-state index in [1.165, 1.54) is 0 Å². The van der Waals surface area contributed by atoms with Crippen molar-refractivity contribution in [2.75, 3.05) is 0 Å². The van der Waals surface area contributed by atoms with Crippen molar-refractivity contribution in [3.63, 3.8) is 0 Å². The van der Waals surface area contributed by atoms with Crippen LogP contribution in [-0.2, 0) is 14.6 Å². The normalized spacial score (nSPS) is 20.5. The van der Waals surface area contributed by atoms with E-state index >= 15 is 0 Å². The SMILES string of the molecule is CCCCC1(C(=O)O)OO1. The Balaban J connectivity index is 2.31. The summed E-state index contributed by atoms with van der Waals surface area (Å²) in [6.07, 6.45) is 2.20. The van der Waals surface area contributed by atoms with Crippen LogP contribution in [0.15, 0.2) is 0 Å². The molecule has 1 fully saturated rings. The Morgan fingerprint density at radius 2 is 2.20 bits per heavy atom. The van der Waals surface area contributed by atoms with Gasteiger partial charge in [0.15, 0.2) is 0 Å². The average molecular weight is 146 g/mol. The highest BCUT2D eigenvalue weighted by Gasteiger charge is 2.56. The molecule has 0 aromatic heterocycles. The summed E-state index contributed by atoms with van der Waals surface area (Å²) in [5.74, 6) is -2.31. The molecule has 0 aliphatic carbocycles. The van der Waals surface area contributed by atoms with E-state index in [1.54, 1.807) is 0 Å². The molecular weight excluding hydrogens is 136 g/mol. The second kappa shape index (κ2) is 2.56. The second-order valence-corrected chi connectivity index (χ2v) is 2.33. The molecule has 0 bridgehead atoms. The van der Waals surface area contributed by atoms with Gasteiger partial charge in [-0.15, -0.1) is 0 Å². The molecular formula is C6H10O4. The van der Waals surface area contributed by atoms with Crippen LogP contribution in [0.3, 0.4) is 0 Å². The average Bonchev–Trinajstić information content (AvgIpc) is 2.64. The lowest BCUT2D eigenvalue weighted by atomic mass is 10.1. The Morgan fingerprint density at radius 1 is 1.60 bits per heavy atom. The van der Waals surface area contributed by atoms with Gasteiger partial charge in [-0.3, -0.25) is 0 Å². The molecule has 0 radical (unpaired) electrons. The van der Waals surface area contributed by atoms with E-state index in [4.69, 9.17) is 5.11 Å². The largest absolute Gasteiger partial charge is 0.477 e. The summed E-state index contributed by atoms with van der Waals surface area (Å²) in [5, 5.41) is 8.48. The zero-order valence-corrected chi connectivity index (χ0v) is 5.79. The quantitative estimate of drug-likeness (QED) is 0.473. The molecule has 0 spiro atoms. The van der Waals surface area contributed by atoms with Crippen molar-refractivity contribution in [1.29, 1.82) is 0 Å². The molecule has 0 saturated carbocycles. The van der Waals surface area contributed by atoms with Crippen LogP contribution in [0.1, 0.15) is 26.2 Å². The van der Waals surface area contributed by atoms with Gasteiger partial charge in [0, 0.05) is 6.42 Å². The number of rotatable bonds is 4. The molecule has 58 valence electrons. The third-order valence-corrected chi connectivity index (χ3v) is 1.47. The first-order chi connectivity index (χ1) is 4.71. The van der Waals surface area contributed by atoms with Gasteiger partial charge in [0.2, 0.25) is 0 Å². The number of aliphatic carboxylic acids is 1. The predicted octanol–water partition coefficient (Wildman–Crippen LogP) is 0.919. The van der Waals surface area contributed by atoms with Gasteiger partial charge in [0.1, 0.15) is 0 Å². The van der Waals surface area contributed by atoms with Gasteiger partial charge < -0.3 is 5.11 Å². The number of unbranched alkanes of at least 4 members (excludes halogenated alkanes) is 1. The molecule has 0 atom stereocenters. The molecule has 1 saturated heterocycles. The molecule has 1 heterocycles. The van der Waals surface area contributed by atoms with Crippen molar-refractivity contribution < 1.29 is 19.7 Å². The van der Waals surface area contributed by atoms with Crippen LogP contribution in [0.25, 0.3) is 0 Å². The lowest BCUT2D eigenvalue weighted by Gasteiger charge is -1.97. The first-order valence-electron chi connectivity index (χ1n) is 3.31. The number of hydrogen-bond acceptors (Lipinski definition) is 3. The zero-order valence-electron chi connectivity index (χ0n) is 5.79. The smallest absolute Gasteiger partial charge is 0.370 e. The Hall–Kier alpha value is -0.610. The van der Waals surface area contributed by atoms with Crippen LogP contribution in [0.2, 0.25) is 0 Å². The maximum absolute atomic E-state index is 10.3. The molecule has 0 unspecified atom stereocenters. The summed E-state index contributed by atoms with van der Waals surface area (Å²) in [6, 6.07) is 0. The van der Waals surface area contributed by atoms with Crippen molar-refractivity contribution in [3.8, 4) is 0 Å². The van der Waals surface area contributed by atoms with Gasteiger partial charge in [-0.1, -0.05) is 13.3 Å². The third-order valence-electron chi connectivity index (χ3n) is 1.47. The van der Waals surface area contributed by atoms with Crippen LogP contribution in [-0.4, -0.2) is 16.9 Å². The van der Waals surface area contributed by atoms with Crippen molar-refractivity contribution >= 4 is 5.97 Å². The summed E-state index contributed by atoms with van der Waals surface area (Å²) >= 11 is 0. The molecule has 0 aromatic carbocycles. The summed E-state index contributed by atoms with van der Waals surface area (Å²) in [4.78, 5) is 19.1. The van der Waals surface area contributed by atoms with Gasteiger partial charge >= 0.3 is 11.8 Å². The number of carboxylic acid groups (broad SMARTS) is 1. The fourth-order valence-electron chi connectivity index (χ4n) is 0.721. The van der Waals surface area contributed by atoms with Crippen molar-refractivity contribution in [2.24, 2.45) is 0 Å². The summed E-state index contributed by atoms with van der Waals surface area (Å²) in [7, 11) is 0. The number of carbonyl (C=O) groups is 1. The lowest BCUT2D eigenvalue weighted by Crippen LogP contribution is -2.22. The first kappa shape index (κ1) is 7.50. The zero-order chi connectivity index (χ0) is 7.61. The van der Waals surface area contributed by atoms with Crippen LogP contribution in [0.5, 0.6) is 0 Å². The Kier molecular flexibility index (Phi) is 1.92. The fraction of sp³-hybridized carbons (Fsp3) is 0.833. The molecule has 10 heavy (non-hydrogen) atoms. The van der Waals surface area contributed by atoms with E-state index < -0.39 is 11.8 Å². The highest BCUT2D eigenvalue weighted by Crippen LogP contribution is 2.34. The maximum Gasteiger partial charge on any atom is 0.370 e. The first-order valence-corrected chi connectivity index (χ1v) is 3.31. The summed E-state index contributed by atoms with van der Waals surface area (Å²) in [6.45, 7) is 1.98. The van der Waals surface area contributed by atoms with E-state index in [1.807, 2.05) is 6.92 Å². The van der Waals surface area contributed by atoms with Gasteiger partial charge in [-0.25, -0.2) is 4.79 Å². The van der Waals surface area contributed by atoms with Gasteiger partial charge in [-0.2, -0.15) is 9.78 Å². The van der Waals surface area contributed by atoms with Gasteiger partial charge in [-0.05, 0) is 6.42 Å². The van der Waals surface area contributed by atoms with E-state index in [0.717, 1.165) is 12.8 Å². The van der Waals surface area contributed by atoms with Crippen LogP contribution >= 0.6 is 0 Å². The van der Waals surface area contributed by atoms with E-state index in [2.05, 4.69) is 9.78 Å². The highest BCUT2D eigenvalue weighted by atomic mass is 17.4. The van der Waals surface area contributed by atoms with E-state index in [9.17, 15) is 4.79 Å². The Labute approximate surface area is 58.7 Å². The van der Waals surface area contributed by atoms with Crippen molar-refractivity contribution in [2.45, 2.75) is 32.0 Å². The molecule has 4 nitrogen and oxygen atoms in total. The highest BCUT2D eigenvalue weighted by molar-refractivity contribution is 5.76. The van der Waals surface area contributed by atoms with Crippen molar-refractivity contribution in [3.05, 3.63) is 0 Å². The topological polar surface area (TPSA) is 62.4 Å². The maximum atomic E-state index is 10.3. The molecule has 1 aliphatic heterocycles. The standard InChI is InChI=1S/C6H10O4/c1-2-3-4-6(5(7)8)9-10-6/h2-4H2,1H3,(H,7,8). The second-order valence-electron chi connectivity index (χ2n) is 2.33. The minimum absolute atomic E-state index is 0.443. The molecule has 0 amide bonds. The van der Waals surface area contributed by atoms with E-state index in [-0.39, 0.29) is 0 Å². The molecule has 1 aliphatic rings. The van der Waals surface area contributed by atoms with Crippen LogP contribution in [0, 0.1) is 0 Å².